The number of aromatic nitrogens is 4. The van der Waals surface area contributed by atoms with Crippen LogP contribution < -0.4 is 5.32 Å². The van der Waals surface area contributed by atoms with Gasteiger partial charge in [0.25, 0.3) is 0 Å². The van der Waals surface area contributed by atoms with Gasteiger partial charge in [-0.3, -0.25) is 0 Å². The lowest BCUT2D eigenvalue weighted by Crippen LogP contribution is -2.06. The summed E-state index contributed by atoms with van der Waals surface area (Å²) in [6.07, 6.45) is 1.89. The van der Waals surface area contributed by atoms with Crippen molar-refractivity contribution in [2.75, 3.05) is 5.32 Å². The van der Waals surface area contributed by atoms with E-state index in [1.807, 2.05) is 37.3 Å². The van der Waals surface area contributed by atoms with Crippen LogP contribution >= 0.6 is 11.3 Å². The number of nitrogens with zero attached hydrogens (tertiary/aromatic N) is 4. The highest BCUT2D eigenvalue weighted by Crippen LogP contribution is 2.23. The van der Waals surface area contributed by atoms with Crippen LogP contribution in [0.1, 0.15) is 17.6 Å². The van der Waals surface area contributed by atoms with Gasteiger partial charge in [0, 0.05) is 5.56 Å². The van der Waals surface area contributed by atoms with Crippen molar-refractivity contribution in [3.63, 3.8) is 0 Å². The van der Waals surface area contributed by atoms with Crippen molar-refractivity contribution >= 4 is 17.2 Å². The Morgan fingerprint density at radius 1 is 1.14 bits per heavy atom. The van der Waals surface area contributed by atoms with Crippen molar-refractivity contribution in [1.82, 2.24) is 20.2 Å². The summed E-state index contributed by atoms with van der Waals surface area (Å²) in [4.78, 5) is 7.83. The number of hydrogen-bond acceptors (Lipinski definition) is 6. The molecular formula is C15H14FN5S. The lowest BCUT2D eigenvalue weighted by atomic mass is 10.2. The maximum absolute atomic E-state index is 14.0. The molecule has 2 heterocycles. The molecule has 0 radical (unpaired) electrons. The molecule has 2 aromatic heterocycles. The molecule has 1 aromatic carbocycles. The van der Waals surface area contributed by atoms with Crippen molar-refractivity contribution in [2.24, 2.45) is 0 Å². The predicted octanol–water partition coefficient (Wildman–Crippen LogP) is 3.31. The van der Waals surface area contributed by atoms with Gasteiger partial charge in [-0.2, -0.15) is 0 Å². The van der Waals surface area contributed by atoms with Crippen LogP contribution in [0.5, 0.6) is 0 Å². The second-order valence-electron chi connectivity index (χ2n) is 4.56. The van der Waals surface area contributed by atoms with E-state index in [0.717, 1.165) is 15.6 Å². The van der Waals surface area contributed by atoms with Gasteiger partial charge >= 0.3 is 0 Å². The van der Waals surface area contributed by atoms with Gasteiger partial charge in [-0.1, -0.05) is 48.6 Å². The Morgan fingerprint density at radius 3 is 2.73 bits per heavy atom. The van der Waals surface area contributed by atoms with E-state index in [1.165, 1.54) is 17.7 Å². The van der Waals surface area contributed by atoms with E-state index < -0.39 is 5.82 Å². The van der Waals surface area contributed by atoms with Crippen LogP contribution in [0.2, 0.25) is 0 Å². The molecule has 0 bridgehead atoms. The average molecular weight is 315 g/mol. The first-order valence-electron chi connectivity index (χ1n) is 6.89. The smallest absolute Gasteiger partial charge is 0.186 e. The molecule has 7 heteroatoms. The first kappa shape index (κ1) is 14.5. The molecule has 1 N–H and O–H groups in total. The lowest BCUT2D eigenvalue weighted by molar-refractivity contribution is 0.596. The maximum Gasteiger partial charge on any atom is 0.186 e. The van der Waals surface area contributed by atoms with E-state index in [-0.39, 0.29) is 5.82 Å². The monoisotopic (exact) mass is 315 g/mol. The molecule has 0 spiro atoms. The number of benzene rings is 1. The Morgan fingerprint density at radius 2 is 1.95 bits per heavy atom. The van der Waals surface area contributed by atoms with Crippen molar-refractivity contribution in [2.45, 2.75) is 19.9 Å². The van der Waals surface area contributed by atoms with E-state index in [1.54, 1.807) is 0 Å². The summed E-state index contributed by atoms with van der Waals surface area (Å²) >= 11 is 1.47. The first-order valence-corrected chi connectivity index (χ1v) is 7.70. The molecule has 0 fully saturated rings. The van der Waals surface area contributed by atoms with Gasteiger partial charge in [0.2, 0.25) is 0 Å². The zero-order chi connectivity index (χ0) is 15.4. The van der Waals surface area contributed by atoms with Crippen molar-refractivity contribution in [1.29, 1.82) is 0 Å². The van der Waals surface area contributed by atoms with Gasteiger partial charge in [0.1, 0.15) is 16.3 Å². The molecule has 0 saturated heterocycles. The summed E-state index contributed by atoms with van der Waals surface area (Å²) in [5.74, 6) is -0.207. The van der Waals surface area contributed by atoms with Crippen molar-refractivity contribution in [3.05, 3.63) is 53.2 Å². The van der Waals surface area contributed by atoms with Crippen LogP contribution in [-0.2, 0) is 13.0 Å². The third-order valence-electron chi connectivity index (χ3n) is 3.09. The van der Waals surface area contributed by atoms with Crippen molar-refractivity contribution in [3.8, 4) is 10.6 Å². The van der Waals surface area contributed by atoms with Gasteiger partial charge in [-0.25, -0.2) is 14.4 Å². The summed E-state index contributed by atoms with van der Waals surface area (Å²) in [6, 6.07) is 9.83. The second-order valence-corrected chi connectivity index (χ2v) is 5.62. The van der Waals surface area contributed by atoms with Crippen LogP contribution in [0.3, 0.4) is 0 Å². The molecule has 5 nitrogen and oxygen atoms in total. The quantitative estimate of drug-likeness (QED) is 0.782. The van der Waals surface area contributed by atoms with Crippen LogP contribution in [0, 0.1) is 5.82 Å². The molecule has 0 unspecified atom stereocenters. The Labute approximate surface area is 131 Å². The van der Waals surface area contributed by atoms with Crippen LogP contribution in [0.25, 0.3) is 10.6 Å². The molecule has 0 atom stereocenters. The number of anilines is 1. The molecule has 112 valence electrons. The van der Waals surface area contributed by atoms with Crippen LogP contribution in [-0.4, -0.2) is 20.2 Å². The summed E-state index contributed by atoms with van der Waals surface area (Å²) in [6.45, 7) is 2.23. The fourth-order valence-electron chi connectivity index (χ4n) is 1.96. The number of aryl methyl sites for hydroxylation is 1. The standard InChI is InChI=1S/C15H14FN5S/c1-2-11-13(16)14(19-9-18-11)17-8-12-20-21-15(22-12)10-6-4-3-5-7-10/h3-7,9H,2,8H2,1H3,(H,17,18,19). The third-order valence-corrected chi connectivity index (χ3v) is 4.06. The number of hydrogen-bond donors (Lipinski definition) is 1. The van der Waals surface area contributed by atoms with E-state index in [0.29, 0.717) is 18.7 Å². The van der Waals surface area contributed by atoms with E-state index in [9.17, 15) is 4.39 Å². The minimum absolute atomic E-state index is 0.198. The Hall–Kier alpha value is -2.41. The first-order chi connectivity index (χ1) is 10.8. The van der Waals surface area contributed by atoms with E-state index >= 15 is 0 Å². The zero-order valence-corrected chi connectivity index (χ0v) is 12.8. The molecular weight excluding hydrogens is 301 g/mol. The zero-order valence-electron chi connectivity index (χ0n) is 12.0. The third kappa shape index (κ3) is 3.09. The molecule has 0 aliphatic heterocycles. The summed E-state index contributed by atoms with van der Waals surface area (Å²) in [5, 5.41) is 12.8. The van der Waals surface area contributed by atoms with Gasteiger partial charge in [-0.15, -0.1) is 10.2 Å². The normalized spacial score (nSPS) is 10.6. The Kier molecular flexibility index (Phi) is 4.34. The fraction of sp³-hybridized carbons (Fsp3) is 0.200. The molecule has 3 aromatic rings. The fourth-order valence-corrected chi connectivity index (χ4v) is 2.74. The minimum atomic E-state index is -0.405. The molecule has 0 amide bonds. The largest absolute Gasteiger partial charge is 0.361 e. The van der Waals surface area contributed by atoms with Gasteiger partial charge < -0.3 is 5.32 Å². The molecule has 22 heavy (non-hydrogen) atoms. The molecule has 0 aliphatic carbocycles. The topological polar surface area (TPSA) is 63.6 Å². The highest BCUT2D eigenvalue weighted by Gasteiger charge is 2.11. The second kappa shape index (κ2) is 6.57. The minimum Gasteiger partial charge on any atom is -0.361 e. The number of nitrogens with one attached hydrogen (secondary N) is 1. The average Bonchev–Trinajstić information content (AvgIpc) is 3.04. The Bertz CT molecular complexity index is 760. The lowest BCUT2D eigenvalue weighted by Gasteiger charge is -2.06. The summed E-state index contributed by atoms with van der Waals surface area (Å²) < 4.78 is 14.0. The Balaban J connectivity index is 1.72. The molecule has 0 aliphatic rings. The molecule has 0 saturated carbocycles. The summed E-state index contributed by atoms with van der Waals surface area (Å²) in [5.41, 5.74) is 1.42. The van der Waals surface area contributed by atoms with Crippen LogP contribution in [0.4, 0.5) is 10.2 Å². The highest BCUT2D eigenvalue weighted by atomic mass is 32.1. The number of halogens is 1. The van der Waals surface area contributed by atoms with E-state index in [4.69, 9.17) is 0 Å². The highest BCUT2D eigenvalue weighted by molar-refractivity contribution is 7.14. The van der Waals surface area contributed by atoms with Crippen molar-refractivity contribution < 1.29 is 4.39 Å². The van der Waals surface area contributed by atoms with Crippen LogP contribution in [0.15, 0.2) is 36.7 Å². The predicted molar refractivity (Wildman–Crippen MR) is 84.0 cm³/mol. The maximum atomic E-state index is 14.0. The van der Waals surface area contributed by atoms with E-state index in [2.05, 4.69) is 25.5 Å². The van der Waals surface area contributed by atoms with Gasteiger partial charge in [0.15, 0.2) is 11.6 Å². The molecule has 3 rings (SSSR count). The number of rotatable bonds is 5. The summed E-state index contributed by atoms with van der Waals surface area (Å²) in [7, 11) is 0. The van der Waals surface area contributed by atoms with Gasteiger partial charge in [-0.05, 0) is 6.42 Å². The SMILES string of the molecule is CCc1ncnc(NCc2nnc(-c3ccccc3)s2)c1F. The van der Waals surface area contributed by atoms with Gasteiger partial charge in [0.05, 0.1) is 12.2 Å².